The normalized spacial score (nSPS) is 9.68. The molecule has 13 nitrogen and oxygen atoms in total. The highest BCUT2D eigenvalue weighted by Gasteiger charge is 2.39. The maximum atomic E-state index is 10.7. The lowest BCUT2D eigenvalue weighted by Gasteiger charge is -2.01. The van der Waals surface area contributed by atoms with Gasteiger partial charge in [0, 0.05) is 6.07 Å². The second-order valence-electron chi connectivity index (χ2n) is 2.97. The van der Waals surface area contributed by atoms with Gasteiger partial charge in [0.05, 0.1) is 14.8 Å². The van der Waals surface area contributed by atoms with Gasteiger partial charge in [0.25, 0.3) is 0 Å². The van der Waals surface area contributed by atoms with E-state index in [0.717, 1.165) is 0 Å². The van der Waals surface area contributed by atoms with E-state index in [0.29, 0.717) is 12.1 Å². The van der Waals surface area contributed by atoms with Gasteiger partial charge in [-0.1, -0.05) is 0 Å². The van der Waals surface area contributed by atoms with E-state index in [4.69, 9.17) is 0 Å². The number of nitro groups is 4. The zero-order chi connectivity index (χ0) is 14.7. The van der Waals surface area contributed by atoms with Crippen LogP contribution in [0.1, 0.15) is 0 Å². The molecule has 1 rings (SSSR count). The lowest BCUT2D eigenvalue weighted by molar-refractivity contribution is -0.451. The summed E-state index contributed by atoms with van der Waals surface area (Å²) in [4.78, 5) is 38.3. The van der Waals surface area contributed by atoms with Crippen molar-refractivity contribution in [2.45, 2.75) is 0 Å². The number of hydrazine groups is 1. The van der Waals surface area contributed by atoms with Crippen molar-refractivity contribution in [1.29, 1.82) is 0 Å². The summed E-state index contributed by atoms with van der Waals surface area (Å²) in [7, 11) is 0. The fraction of sp³-hybridized carbons (Fsp3) is 0. The molecule has 0 atom stereocenters. The van der Waals surface area contributed by atoms with Crippen LogP contribution in [0, 0.1) is 40.5 Å². The summed E-state index contributed by atoms with van der Waals surface area (Å²) in [6, 6.07) is 1.21. The van der Waals surface area contributed by atoms with Gasteiger partial charge in [-0.2, -0.15) is 0 Å². The Morgan fingerprint density at radius 2 is 1.32 bits per heavy atom. The lowest BCUT2D eigenvalue weighted by Crippen LogP contribution is -2.11. The molecule has 0 fully saturated rings. The average Bonchev–Trinajstić information content (AvgIpc) is 2.26. The average molecular weight is 273 g/mol. The summed E-state index contributed by atoms with van der Waals surface area (Å²) >= 11 is 0. The quantitative estimate of drug-likeness (QED) is 0.603. The Bertz CT molecular complexity index is 598. The van der Waals surface area contributed by atoms with Crippen LogP contribution in [0.15, 0.2) is 12.1 Å². The second-order valence-corrected chi connectivity index (χ2v) is 2.97. The van der Waals surface area contributed by atoms with E-state index in [9.17, 15) is 40.5 Å². The van der Waals surface area contributed by atoms with Gasteiger partial charge in [0.15, 0.2) is 10.7 Å². The summed E-state index contributed by atoms with van der Waals surface area (Å²) in [5.41, 5.74) is -3.37. The van der Waals surface area contributed by atoms with Gasteiger partial charge in [-0.25, -0.2) is 10.1 Å². The van der Waals surface area contributed by atoms with Gasteiger partial charge >= 0.3 is 17.1 Å². The van der Waals surface area contributed by atoms with E-state index in [-0.39, 0.29) is 0 Å². The minimum absolute atomic E-state index is 0.566. The van der Waals surface area contributed by atoms with Crippen molar-refractivity contribution >= 4 is 22.7 Å². The third kappa shape index (κ3) is 2.65. The van der Waals surface area contributed by atoms with Crippen LogP contribution >= 0.6 is 0 Å². The van der Waals surface area contributed by atoms with Crippen molar-refractivity contribution in [1.82, 2.24) is 0 Å². The van der Waals surface area contributed by atoms with Crippen LogP contribution in [0.3, 0.4) is 0 Å². The summed E-state index contributed by atoms with van der Waals surface area (Å²) in [5.74, 6) is 0. The Morgan fingerprint density at radius 3 is 1.68 bits per heavy atom. The van der Waals surface area contributed by atoms with Gasteiger partial charge in [0.2, 0.25) is 0 Å². The summed E-state index contributed by atoms with van der Waals surface area (Å²) in [5, 5.41) is 41.0. The van der Waals surface area contributed by atoms with Crippen molar-refractivity contribution in [3.63, 3.8) is 0 Å². The van der Waals surface area contributed by atoms with E-state index >= 15 is 0 Å². The van der Waals surface area contributed by atoms with Crippen LogP contribution in [-0.4, -0.2) is 19.8 Å². The highest BCUT2D eigenvalue weighted by Crippen LogP contribution is 2.41. The van der Waals surface area contributed by atoms with Gasteiger partial charge < -0.3 is 0 Å². The number of hydrogen-bond donors (Lipinski definition) is 1. The molecule has 0 bridgehead atoms. The monoisotopic (exact) mass is 273 g/mol. The second kappa shape index (κ2) is 4.86. The SMILES string of the molecule is O=[N+]([O-])Nc1ccc([N+](=O)[O-])c([N+](=O)[O-])c1[N+](=O)[O-]. The number of nitrogens with zero attached hydrogens (tertiary/aromatic N) is 4. The standard InChI is InChI=1S/C6H3N5O8/c12-8(13)4-2-1-3(7-11(18)19)5(9(14)15)6(4)10(16)17/h1-2,7H. The van der Waals surface area contributed by atoms with E-state index < -0.39 is 42.6 Å². The molecule has 0 aliphatic heterocycles. The number of nitrogens with one attached hydrogen (secondary N) is 1. The highest BCUT2D eigenvalue weighted by atomic mass is 16.7. The molecule has 19 heavy (non-hydrogen) atoms. The topological polar surface area (TPSA) is 185 Å². The molecule has 0 aromatic heterocycles. The third-order valence-corrected chi connectivity index (χ3v) is 1.90. The van der Waals surface area contributed by atoms with Crippen molar-refractivity contribution in [2.24, 2.45) is 0 Å². The van der Waals surface area contributed by atoms with E-state index in [1.54, 1.807) is 0 Å². The number of nitro benzene ring substituents is 3. The fourth-order valence-corrected chi connectivity index (χ4v) is 1.27. The molecule has 0 unspecified atom stereocenters. The Hall–Kier alpha value is -3.38. The lowest BCUT2D eigenvalue weighted by atomic mass is 10.2. The number of anilines is 1. The molecule has 0 aliphatic rings. The van der Waals surface area contributed by atoms with Crippen LogP contribution in [0.2, 0.25) is 0 Å². The molecule has 13 heteroatoms. The predicted octanol–water partition coefficient (Wildman–Crippen LogP) is 1.01. The first-order valence-corrected chi connectivity index (χ1v) is 4.27. The molecule has 1 aromatic carbocycles. The number of benzene rings is 1. The van der Waals surface area contributed by atoms with Crippen molar-refractivity contribution < 1.29 is 19.8 Å². The smallest absolute Gasteiger partial charge is 0.258 e. The molecule has 0 heterocycles. The molecule has 100 valence electrons. The molecular weight excluding hydrogens is 270 g/mol. The van der Waals surface area contributed by atoms with Crippen LogP contribution in [-0.2, 0) is 0 Å². The van der Waals surface area contributed by atoms with Crippen LogP contribution in [0.25, 0.3) is 0 Å². The molecule has 0 saturated carbocycles. The maximum absolute atomic E-state index is 10.7. The van der Waals surface area contributed by atoms with E-state index in [1.807, 2.05) is 0 Å². The van der Waals surface area contributed by atoms with Gasteiger partial charge in [-0.15, -0.1) is 5.43 Å². The molecular formula is C6H3N5O8. The van der Waals surface area contributed by atoms with E-state index in [2.05, 4.69) is 0 Å². The van der Waals surface area contributed by atoms with Crippen molar-refractivity contribution in [3.05, 3.63) is 52.6 Å². The molecule has 0 spiro atoms. The molecule has 0 amide bonds. The van der Waals surface area contributed by atoms with E-state index in [1.165, 1.54) is 5.43 Å². The molecule has 1 aromatic rings. The number of rotatable bonds is 5. The third-order valence-electron chi connectivity index (χ3n) is 1.90. The minimum atomic E-state index is -1.43. The van der Waals surface area contributed by atoms with Crippen molar-refractivity contribution in [2.75, 3.05) is 5.43 Å². The Morgan fingerprint density at radius 1 is 0.789 bits per heavy atom. The van der Waals surface area contributed by atoms with Crippen LogP contribution < -0.4 is 5.43 Å². The molecule has 1 N–H and O–H groups in total. The molecule has 0 aliphatic carbocycles. The Labute approximate surface area is 102 Å². The minimum Gasteiger partial charge on any atom is -0.258 e. The Balaban J connectivity index is 3.68. The first-order valence-electron chi connectivity index (χ1n) is 4.27. The Kier molecular flexibility index (Phi) is 3.50. The summed E-state index contributed by atoms with van der Waals surface area (Å²) < 4.78 is 0. The van der Waals surface area contributed by atoms with Gasteiger partial charge in [0.1, 0.15) is 0 Å². The predicted molar refractivity (Wildman–Crippen MR) is 57.0 cm³/mol. The van der Waals surface area contributed by atoms with Gasteiger partial charge in [-0.05, 0) is 6.07 Å². The zero-order valence-corrected chi connectivity index (χ0v) is 8.71. The first kappa shape index (κ1) is 13.7. The molecule has 0 radical (unpaired) electrons. The van der Waals surface area contributed by atoms with Crippen LogP contribution in [0.5, 0.6) is 0 Å². The summed E-state index contributed by atoms with van der Waals surface area (Å²) in [6.07, 6.45) is 0. The summed E-state index contributed by atoms with van der Waals surface area (Å²) in [6.45, 7) is 0. The van der Waals surface area contributed by atoms with Crippen molar-refractivity contribution in [3.8, 4) is 0 Å². The first-order chi connectivity index (χ1) is 8.75. The van der Waals surface area contributed by atoms with Gasteiger partial charge in [-0.3, -0.25) is 30.3 Å². The van der Waals surface area contributed by atoms with Crippen LogP contribution in [0.4, 0.5) is 22.7 Å². The zero-order valence-electron chi connectivity index (χ0n) is 8.71. The number of hydrogen-bond acceptors (Lipinski definition) is 8. The molecule has 0 saturated heterocycles. The highest BCUT2D eigenvalue weighted by molar-refractivity contribution is 5.77. The largest absolute Gasteiger partial charge is 0.424 e. The maximum Gasteiger partial charge on any atom is 0.424 e. The fourth-order valence-electron chi connectivity index (χ4n) is 1.27.